The van der Waals surface area contributed by atoms with E-state index in [1.54, 1.807) is 11.1 Å². The fraction of sp³-hybridized carbons (Fsp3) is 0.486. The summed E-state index contributed by atoms with van der Waals surface area (Å²) in [4.78, 5) is 5.61. The van der Waals surface area contributed by atoms with Crippen LogP contribution in [0.5, 0.6) is 0 Å². The lowest BCUT2D eigenvalue weighted by atomic mass is 9.33. The van der Waals surface area contributed by atoms with E-state index in [0.717, 1.165) is 6.42 Å². The molecule has 0 radical (unpaired) electrons. The predicted octanol–water partition coefficient (Wildman–Crippen LogP) is 18.9. The van der Waals surface area contributed by atoms with Crippen LogP contribution in [0.3, 0.4) is 0 Å². The fourth-order valence-corrected chi connectivity index (χ4v) is 18.9. The first-order chi connectivity index (χ1) is 36.3. The van der Waals surface area contributed by atoms with Crippen LogP contribution < -0.4 is 26.2 Å². The van der Waals surface area contributed by atoms with Crippen molar-refractivity contribution in [2.75, 3.05) is 9.80 Å². The zero-order valence-corrected chi connectivity index (χ0v) is 51.9. The summed E-state index contributed by atoms with van der Waals surface area (Å²) in [5.74, 6) is 0.410. The Morgan fingerprint density at radius 3 is 1.53 bits per heavy atom. The summed E-state index contributed by atoms with van der Waals surface area (Å²) < 4.78 is 1.43. The van der Waals surface area contributed by atoms with Crippen molar-refractivity contribution in [2.45, 2.75) is 225 Å². The molecule has 2 nitrogen and oxygen atoms in total. The minimum Gasteiger partial charge on any atom is -0.311 e. The molecule has 0 amide bonds. The van der Waals surface area contributed by atoms with Gasteiger partial charge in [-0.2, -0.15) is 0 Å². The van der Waals surface area contributed by atoms with E-state index in [0.29, 0.717) is 5.92 Å². The molecule has 0 spiro atoms. The molecule has 0 saturated heterocycles. The number of aryl methyl sites for hydroxylation is 1. The first-order valence-corrected chi connectivity index (χ1v) is 31.1. The maximum Gasteiger partial charge on any atom is 0.254 e. The smallest absolute Gasteiger partial charge is 0.254 e. The van der Waals surface area contributed by atoms with Gasteiger partial charge in [-0.25, -0.2) is 0 Å². The van der Waals surface area contributed by atoms with E-state index in [1.165, 1.54) is 154 Å². The molecule has 1 unspecified atom stereocenters. The summed E-state index contributed by atoms with van der Waals surface area (Å²) in [6.07, 6.45) is 8.26. The zero-order valence-electron chi connectivity index (χ0n) is 51.1. The Hall–Kier alpha value is -5.06. The van der Waals surface area contributed by atoms with E-state index in [2.05, 4.69) is 244 Å². The molecule has 7 aromatic rings. The van der Waals surface area contributed by atoms with Crippen molar-refractivity contribution in [1.82, 2.24) is 0 Å². The van der Waals surface area contributed by atoms with Gasteiger partial charge in [-0.15, -0.1) is 11.3 Å². The molecule has 78 heavy (non-hydrogen) atoms. The fourth-order valence-electron chi connectivity index (χ4n) is 17.6. The minimum absolute atomic E-state index is 0.0226. The topological polar surface area (TPSA) is 6.48 Å². The molecular formula is C74H87BN2S. The first kappa shape index (κ1) is 51.1. The molecule has 4 heteroatoms. The highest BCUT2D eigenvalue weighted by Gasteiger charge is 2.54. The third-order valence-corrected chi connectivity index (χ3v) is 24.2. The molecule has 8 aliphatic rings. The van der Waals surface area contributed by atoms with Crippen LogP contribution in [-0.4, -0.2) is 6.71 Å². The van der Waals surface area contributed by atoms with Crippen LogP contribution in [0, 0.1) is 12.8 Å². The summed E-state index contributed by atoms with van der Waals surface area (Å²) in [6.45, 7) is 47.9. The summed E-state index contributed by atoms with van der Waals surface area (Å²) in [5, 5.41) is 2.85. The number of hydrogen-bond acceptors (Lipinski definition) is 3. The summed E-state index contributed by atoms with van der Waals surface area (Å²) >= 11 is 2.07. The minimum atomic E-state index is -0.111. The average Bonchev–Trinajstić information content (AvgIpc) is 2.42. The standard InChI is InChI=1S/C74H87BN2S/c1-42-32-59-64-60(33-42)77-57-38-53-50(68(6,7)28-30-70(53,10)11)35-46(57)43-20-22-44(23-21-43)73(16,17)62-41-72(14,15)52-37-56(58(77)39-55(52)74(62,18)19)75(64)63-47-36-51-54(71(12,13)31-29-69(51,8)9)40-61(47)78-65(63)76(59)45-24-25-48-49(34-45)67(4,5)27-26-66(48,2)3/h20-25,32-40,62H,26-31,41H2,1-19H3. The molecule has 1 aromatic heterocycles. The van der Waals surface area contributed by atoms with Gasteiger partial charge in [0.05, 0.1) is 10.7 Å². The van der Waals surface area contributed by atoms with Gasteiger partial charge in [0.25, 0.3) is 6.71 Å². The highest BCUT2D eigenvalue weighted by atomic mass is 32.1. The second kappa shape index (κ2) is 15.5. The van der Waals surface area contributed by atoms with E-state index in [1.807, 2.05) is 0 Å². The zero-order chi connectivity index (χ0) is 55.4. The van der Waals surface area contributed by atoms with E-state index >= 15 is 0 Å². The molecule has 5 bridgehead atoms. The number of hydrogen-bond donors (Lipinski definition) is 0. The molecule has 4 aliphatic carbocycles. The SMILES string of the molecule is Cc1cc2c3c(c1)N(c1ccc4c(c1)C(C)(C)CCC4(C)C)c1sc4cc5c(cc4c1B3c1cc3c4cc1N2c1cc2c(cc1-c1ccc(cc1)C(C)(C)C(CC3(C)C)C4(C)C)C(C)(C)CCC2(C)C)C(C)(C)CCC5(C)C. The van der Waals surface area contributed by atoms with Crippen molar-refractivity contribution in [2.24, 2.45) is 5.92 Å². The van der Waals surface area contributed by atoms with Crippen molar-refractivity contribution >= 4 is 78.0 Å². The molecule has 15 rings (SSSR count). The Labute approximate surface area is 473 Å². The highest BCUT2D eigenvalue weighted by molar-refractivity contribution is 7.26. The van der Waals surface area contributed by atoms with Gasteiger partial charge in [0, 0.05) is 33.0 Å². The van der Waals surface area contributed by atoms with Gasteiger partial charge >= 0.3 is 0 Å². The van der Waals surface area contributed by atoms with Gasteiger partial charge in [0.1, 0.15) is 0 Å². The maximum atomic E-state index is 2.83. The third-order valence-electron chi connectivity index (χ3n) is 23.1. The number of nitrogens with zero attached hydrogens (tertiary/aromatic N) is 2. The van der Waals surface area contributed by atoms with Crippen LogP contribution in [0.2, 0.25) is 0 Å². The van der Waals surface area contributed by atoms with Crippen LogP contribution in [0.15, 0.2) is 91.0 Å². The van der Waals surface area contributed by atoms with E-state index in [4.69, 9.17) is 0 Å². The molecule has 402 valence electrons. The van der Waals surface area contributed by atoms with Crippen LogP contribution in [0.25, 0.3) is 21.2 Å². The molecular weight excluding hydrogens is 960 g/mol. The Morgan fingerprint density at radius 2 is 0.923 bits per heavy atom. The van der Waals surface area contributed by atoms with Crippen molar-refractivity contribution in [3.63, 3.8) is 0 Å². The summed E-state index contributed by atoms with van der Waals surface area (Å²) in [7, 11) is 0. The molecule has 6 aromatic carbocycles. The molecule has 0 fully saturated rings. The number of anilines is 6. The van der Waals surface area contributed by atoms with Crippen molar-refractivity contribution in [3.05, 3.63) is 147 Å². The van der Waals surface area contributed by atoms with Gasteiger partial charge < -0.3 is 9.80 Å². The molecule has 1 atom stereocenters. The quantitative estimate of drug-likeness (QED) is 0.151. The van der Waals surface area contributed by atoms with Crippen molar-refractivity contribution in [1.29, 1.82) is 0 Å². The van der Waals surface area contributed by atoms with E-state index in [9.17, 15) is 0 Å². The molecule has 5 heterocycles. The van der Waals surface area contributed by atoms with Gasteiger partial charge in [0.2, 0.25) is 0 Å². The monoisotopic (exact) mass is 1050 g/mol. The van der Waals surface area contributed by atoms with Crippen molar-refractivity contribution in [3.8, 4) is 11.1 Å². The first-order valence-electron chi connectivity index (χ1n) is 30.3. The number of thiophene rings is 1. The number of rotatable bonds is 1. The lowest BCUT2D eigenvalue weighted by Crippen LogP contribution is -2.61. The second-order valence-electron chi connectivity index (χ2n) is 32.1. The van der Waals surface area contributed by atoms with Crippen molar-refractivity contribution < 1.29 is 0 Å². The maximum absolute atomic E-state index is 2.83. The normalized spacial score (nSPS) is 23.7. The van der Waals surface area contributed by atoms with Gasteiger partial charge in [-0.3, -0.25) is 0 Å². The third kappa shape index (κ3) is 6.80. The van der Waals surface area contributed by atoms with Crippen LogP contribution >= 0.6 is 11.3 Å². The Bertz CT molecular complexity index is 3790. The van der Waals surface area contributed by atoms with E-state index < -0.39 is 0 Å². The Kier molecular flexibility index (Phi) is 10.1. The Morgan fingerprint density at radius 1 is 0.423 bits per heavy atom. The largest absolute Gasteiger partial charge is 0.311 e. The van der Waals surface area contributed by atoms with Gasteiger partial charge in [-0.1, -0.05) is 161 Å². The second-order valence-corrected chi connectivity index (χ2v) is 33.1. The summed E-state index contributed by atoms with van der Waals surface area (Å²) in [5.41, 5.74) is 28.9. The van der Waals surface area contributed by atoms with Gasteiger partial charge in [-0.05, 0) is 244 Å². The molecule has 0 saturated carbocycles. The number of benzene rings is 6. The van der Waals surface area contributed by atoms with Gasteiger partial charge in [0.15, 0.2) is 0 Å². The lowest BCUT2D eigenvalue weighted by molar-refractivity contribution is 0.134. The van der Waals surface area contributed by atoms with Crippen LogP contribution in [0.4, 0.5) is 33.4 Å². The lowest BCUT2D eigenvalue weighted by Gasteiger charge is -2.54. The average molecular weight is 1050 g/mol. The summed E-state index contributed by atoms with van der Waals surface area (Å²) in [6, 6.07) is 39.2. The molecule has 4 aliphatic heterocycles. The predicted molar refractivity (Wildman–Crippen MR) is 339 cm³/mol. The number of fused-ring (bicyclic) bond motifs is 10. The van der Waals surface area contributed by atoms with Crippen LogP contribution in [-0.2, 0) is 48.7 Å². The molecule has 0 N–H and O–H groups in total. The van der Waals surface area contributed by atoms with Crippen LogP contribution in [0.1, 0.15) is 225 Å². The van der Waals surface area contributed by atoms with E-state index in [-0.39, 0.29) is 55.4 Å². The highest BCUT2D eigenvalue weighted by Crippen LogP contribution is 2.60. The Balaban J connectivity index is 1.16.